The van der Waals surface area contributed by atoms with Crippen LogP contribution in [0.5, 0.6) is 0 Å². The van der Waals surface area contributed by atoms with E-state index in [9.17, 15) is 0 Å². The van der Waals surface area contributed by atoms with E-state index in [4.69, 9.17) is 0 Å². The molecule has 2 unspecified atom stereocenters. The molecule has 0 amide bonds. The summed E-state index contributed by atoms with van der Waals surface area (Å²) in [6.07, 6.45) is 0. The van der Waals surface area contributed by atoms with Gasteiger partial charge in [-0.15, -0.1) is 9.24 Å². The minimum absolute atomic E-state index is 0.0196. The topological polar surface area (TPSA) is 3.24 Å². The fraction of sp³-hybridized carbons (Fsp3) is 0.538. The summed E-state index contributed by atoms with van der Waals surface area (Å²) in [7, 11) is 7.28. The standard InChI is InChI=1S/C13H22NP/c1-12(2,3)13(15,14(4)5)11-9-7-6-8-10-11/h6-10H,15H2,1-5H3. The van der Waals surface area contributed by atoms with Crippen LogP contribution in [0.2, 0.25) is 0 Å². The Balaban J connectivity index is 3.26. The number of hydrogen-bond acceptors (Lipinski definition) is 1. The van der Waals surface area contributed by atoms with Crippen molar-refractivity contribution in [2.24, 2.45) is 5.41 Å². The predicted octanol–water partition coefficient (Wildman–Crippen LogP) is 3.32. The summed E-state index contributed by atoms with van der Waals surface area (Å²) in [4.78, 5) is 2.27. The molecule has 1 nitrogen and oxygen atoms in total. The van der Waals surface area contributed by atoms with Crippen LogP contribution in [0.1, 0.15) is 26.3 Å². The normalized spacial score (nSPS) is 16.5. The third-order valence-corrected chi connectivity index (χ3v) is 4.78. The Kier molecular flexibility index (Phi) is 3.58. The fourth-order valence-electron chi connectivity index (χ4n) is 2.05. The molecule has 84 valence electrons. The molecule has 0 bridgehead atoms. The van der Waals surface area contributed by atoms with Crippen molar-refractivity contribution in [1.82, 2.24) is 4.90 Å². The van der Waals surface area contributed by atoms with Gasteiger partial charge in [0, 0.05) is 0 Å². The fourth-order valence-corrected chi connectivity index (χ4v) is 2.25. The van der Waals surface area contributed by atoms with Crippen LogP contribution < -0.4 is 0 Å². The Bertz CT molecular complexity index is 313. The van der Waals surface area contributed by atoms with Crippen molar-refractivity contribution in [2.75, 3.05) is 14.1 Å². The lowest BCUT2D eigenvalue weighted by atomic mass is 9.80. The van der Waals surface area contributed by atoms with E-state index in [2.05, 4.69) is 79.3 Å². The first-order valence-electron chi connectivity index (χ1n) is 5.32. The van der Waals surface area contributed by atoms with Gasteiger partial charge in [0.2, 0.25) is 0 Å². The van der Waals surface area contributed by atoms with E-state index in [1.807, 2.05) is 0 Å². The van der Waals surface area contributed by atoms with Gasteiger partial charge in [-0.3, -0.25) is 4.90 Å². The lowest BCUT2D eigenvalue weighted by Crippen LogP contribution is -2.46. The van der Waals surface area contributed by atoms with E-state index < -0.39 is 0 Å². The molecule has 0 saturated heterocycles. The van der Waals surface area contributed by atoms with Crippen LogP contribution in [0, 0.1) is 5.41 Å². The third-order valence-electron chi connectivity index (χ3n) is 3.06. The minimum atomic E-state index is -0.0196. The summed E-state index contributed by atoms with van der Waals surface area (Å²) in [6, 6.07) is 10.6. The van der Waals surface area contributed by atoms with Crippen molar-refractivity contribution in [3.8, 4) is 0 Å². The number of benzene rings is 1. The Labute approximate surface area is 96.1 Å². The second-order valence-corrected chi connectivity index (χ2v) is 6.11. The molecular formula is C13H22NP. The largest absolute Gasteiger partial charge is 0.296 e. The molecule has 0 N–H and O–H groups in total. The van der Waals surface area contributed by atoms with E-state index in [0.29, 0.717) is 0 Å². The van der Waals surface area contributed by atoms with Gasteiger partial charge in [0.15, 0.2) is 0 Å². The van der Waals surface area contributed by atoms with Crippen LogP contribution in [0.15, 0.2) is 30.3 Å². The van der Waals surface area contributed by atoms with Crippen molar-refractivity contribution in [3.63, 3.8) is 0 Å². The number of hydrogen-bond donors (Lipinski definition) is 0. The van der Waals surface area contributed by atoms with Gasteiger partial charge in [0.1, 0.15) is 0 Å². The Morgan fingerprint density at radius 3 is 1.80 bits per heavy atom. The SMILES string of the molecule is CN(C)C(P)(c1ccccc1)C(C)(C)C. The van der Waals surface area contributed by atoms with Crippen LogP contribution >= 0.6 is 9.24 Å². The van der Waals surface area contributed by atoms with E-state index in [1.54, 1.807) is 0 Å². The third kappa shape index (κ3) is 2.24. The summed E-state index contributed by atoms with van der Waals surface area (Å²) >= 11 is 0. The summed E-state index contributed by atoms with van der Waals surface area (Å²) in [6.45, 7) is 6.81. The van der Waals surface area contributed by atoms with Gasteiger partial charge in [-0.2, -0.15) is 0 Å². The molecule has 0 aliphatic rings. The molecule has 0 radical (unpaired) electrons. The van der Waals surface area contributed by atoms with Gasteiger partial charge in [0.25, 0.3) is 0 Å². The molecule has 1 aromatic carbocycles. The van der Waals surface area contributed by atoms with Crippen molar-refractivity contribution in [1.29, 1.82) is 0 Å². The summed E-state index contributed by atoms with van der Waals surface area (Å²) in [5, 5.41) is -0.0196. The molecule has 15 heavy (non-hydrogen) atoms. The highest BCUT2D eigenvalue weighted by Gasteiger charge is 2.41. The van der Waals surface area contributed by atoms with Crippen LogP contribution in [-0.2, 0) is 5.28 Å². The molecule has 0 saturated carbocycles. The smallest absolute Gasteiger partial charge is 0.0644 e. The summed E-state index contributed by atoms with van der Waals surface area (Å²) in [5.74, 6) is 0. The molecule has 0 spiro atoms. The van der Waals surface area contributed by atoms with Gasteiger partial charge >= 0.3 is 0 Å². The average molecular weight is 223 g/mol. The Morgan fingerprint density at radius 2 is 1.47 bits per heavy atom. The number of nitrogens with zero attached hydrogens (tertiary/aromatic N) is 1. The summed E-state index contributed by atoms with van der Waals surface area (Å²) < 4.78 is 0. The molecular weight excluding hydrogens is 201 g/mol. The highest BCUT2D eigenvalue weighted by molar-refractivity contribution is 7.18. The second-order valence-electron chi connectivity index (χ2n) is 5.28. The molecule has 2 atom stereocenters. The molecule has 0 heterocycles. The van der Waals surface area contributed by atoms with E-state index in [-0.39, 0.29) is 10.7 Å². The molecule has 0 aliphatic heterocycles. The van der Waals surface area contributed by atoms with Gasteiger partial charge in [-0.25, -0.2) is 0 Å². The van der Waals surface area contributed by atoms with Crippen LogP contribution in [-0.4, -0.2) is 19.0 Å². The zero-order chi connectivity index (χ0) is 11.7. The first-order chi connectivity index (χ1) is 6.80. The predicted molar refractivity (Wildman–Crippen MR) is 71.0 cm³/mol. The zero-order valence-corrected chi connectivity index (χ0v) is 11.6. The van der Waals surface area contributed by atoms with E-state index >= 15 is 0 Å². The van der Waals surface area contributed by atoms with E-state index in [1.165, 1.54) is 5.56 Å². The van der Waals surface area contributed by atoms with Crippen LogP contribution in [0.25, 0.3) is 0 Å². The highest BCUT2D eigenvalue weighted by atomic mass is 31.0. The van der Waals surface area contributed by atoms with Crippen molar-refractivity contribution in [2.45, 2.75) is 26.1 Å². The zero-order valence-electron chi connectivity index (χ0n) is 10.4. The second kappa shape index (κ2) is 4.23. The molecule has 0 aliphatic carbocycles. The average Bonchev–Trinajstić information content (AvgIpc) is 2.16. The van der Waals surface area contributed by atoms with Crippen LogP contribution in [0.4, 0.5) is 0 Å². The van der Waals surface area contributed by atoms with Gasteiger partial charge in [-0.1, -0.05) is 51.1 Å². The van der Waals surface area contributed by atoms with E-state index in [0.717, 1.165) is 0 Å². The van der Waals surface area contributed by atoms with Crippen LogP contribution in [0.3, 0.4) is 0 Å². The summed E-state index contributed by atoms with van der Waals surface area (Å²) in [5.41, 5.74) is 1.51. The van der Waals surface area contributed by atoms with Crippen molar-refractivity contribution < 1.29 is 0 Å². The Morgan fingerprint density at radius 1 is 1.00 bits per heavy atom. The quantitative estimate of drug-likeness (QED) is 0.695. The molecule has 2 heteroatoms. The van der Waals surface area contributed by atoms with Gasteiger partial charge < -0.3 is 0 Å². The first-order valence-corrected chi connectivity index (χ1v) is 5.89. The van der Waals surface area contributed by atoms with Crippen molar-refractivity contribution in [3.05, 3.63) is 35.9 Å². The minimum Gasteiger partial charge on any atom is -0.296 e. The number of rotatable bonds is 2. The monoisotopic (exact) mass is 223 g/mol. The molecule has 1 aromatic rings. The maximum Gasteiger partial charge on any atom is 0.0644 e. The maximum atomic E-state index is 3.02. The van der Waals surface area contributed by atoms with Gasteiger partial charge in [0.05, 0.1) is 5.28 Å². The lowest BCUT2D eigenvalue weighted by molar-refractivity contribution is 0.116. The van der Waals surface area contributed by atoms with Gasteiger partial charge in [-0.05, 0) is 25.1 Å². The first kappa shape index (κ1) is 12.7. The highest BCUT2D eigenvalue weighted by Crippen LogP contribution is 2.48. The van der Waals surface area contributed by atoms with Crippen molar-refractivity contribution >= 4 is 9.24 Å². The molecule has 0 aromatic heterocycles. The molecule has 1 rings (SSSR count). The Hall–Kier alpha value is -0.390. The maximum absolute atomic E-state index is 3.02. The molecule has 0 fully saturated rings. The lowest BCUT2D eigenvalue weighted by Gasteiger charge is -2.47.